The Morgan fingerprint density at radius 3 is 2.88 bits per heavy atom. The van der Waals surface area contributed by atoms with Crippen LogP contribution in [0.15, 0.2) is 0 Å². The largest absolute Gasteiger partial charge is 0.463 e. The van der Waals surface area contributed by atoms with Crippen LogP contribution in [-0.4, -0.2) is 24.8 Å². The molecule has 1 saturated heterocycles. The summed E-state index contributed by atoms with van der Waals surface area (Å²) in [5.74, 6) is 0.502. The predicted molar refractivity (Wildman–Crippen MR) is 63.2 cm³/mol. The van der Waals surface area contributed by atoms with Crippen LogP contribution in [0.2, 0.25) is 0 Å². The summed E-state index contributed by atoms with van der Waals surface area (Å²) in [6.07, 6.45) is 4.66. The fraction of sp³-hybridized carbons (Fsp3) is 0.923. The fourth-order valence-electron chi connectivity index (χ4n) is 1.94. The van der Waals surface area contributed by atoms with Crippen LogP contribution in [0.1, 0.15) is 52.9 Å². The molecule has 3 nitrogen and oxygen atoms in total. The maximum absolute atomic E-state index is 11.3. The minimum Gasteiger partial charge on any atom is -0.463 e. The monoisotopic (exact) mass is 228 g/mol. The Hall–Kier alpha value is -0.570. The minimum absolute atomic E-state index is 0.0113. The third-order valence-electron chi connectivity index (χ3n) is 2.75. The molecule has 1 aliphatic rings. The Kier molecular flexibility index (Phi) is 5.81. The van der Waals surface area contributed by atoms with Crippen LogP contribution in [0.25, 0.3) is 0 Å². The SMILES string of the molecule is CC(C)CO[C@H]1CCCCC(=O)O[C@@H](C)C1. The number of esters is 1. The number of carbonyl (C=O) groups excluding carboxylic acids is 1. The van der Waals surface area contributed by atoms with E-state index >= 15 is 0 Å². The first-order valence-electron chi connectivity index (χ1n) is 6.39. The Balaban J connectivity index is 2.40. The highest BCUT2D eigenvalue weighted by Crippen LogP contribution is 2.18. The van der Waals surface area contributed by atoms with Crippen molar-refractivity contribution in [2.75, 3.05) is 6.61 Å². The van der Waals surface area contributed by atoms with E-state index in [4.69, 9.17) is 9.47 Å². The Bertz CT molecular complexity index is 213. The van der Waals surface area contributed by atoms with Gasteiger partial charge in [-0.15, -0.1) is 0 Å². The molecular formula is C13H24O3. The van der Waals surface area contributed by atoms with E-state index in [1.54, 1.807) is 0 Å². The normalized spacial score (nSPS) is 28.1. The molecule has 0 aromatic heterocycles. The molecule has 94 valence electrons. The molecule has 0 radical (unpaired) electrons. The summed E-state index contributed by atoms with van der Waals surface area (Å²) in [7, 11) is 0. The van der Waals surface area contributed by atoms with Crippen molar-refractivity contribution in [1.29, 1.82) is 0 Å². The van der Waals surface area contributed by atoms with Gasteiger partial charge >= 0.3 is 5.97 Å². The van der Waals surface area contributed by atoms with Crippen LogP contribution in [0.4, 0.5) is 0 Å². The van der Waals surface area contributed by atoms with Crippen LogP contribution in [0.3, 0.4) is 0 Å². The minimum atomic E-state index is -0.0583. The summed E-state index contributed by atoms with van der Waals surface area (Å²) in [4.78, 5) is 11.3. The maximum Gasteiger partial charge on any atom is 0.306 e. The van der Waals surface area contributed by atoms with Crippen molar-refractivity contribution in [2.45, 2.75) is 65.1 Å². The summed E-state index contributed by atoms with van der Waals surface area (Å²) in [6.45, 7) is 7.05. The molecule has 0 spiro atoms. The quantitative estimate of drug-likeness (QED) is 0.697. The summed E-state index contributed by atoms with van der Waals surface area (Å²) in [5, 5.41) is 0. The van der Waals surface area contributed by atoms with Gasteiger partial charge in [0.05, 0.1) is 6.10 Å². The Morgan fingerprint density at radius 1 is 1.44 bits per heavy atom. The molecule has 1 aliphatic heterocycles. The Morgan fingerprint density at radius 2 is 2.19 bits per heavy atom. The molecule has 2 atom stereocenters. The number of ether oxygens (including phenoxy) is 2. The fourth-order valence-corrected chi connectivity index (χ4v) is 1.94. The van der Waals surface area contributed by atoms with Gasteiger partial charge in [0.15, 0.2) is 0 Å². The lowest BCUT2D eigenvalue weighted by molar-refractivity contribution is -0.149. The van der Waals surface area contributed by atoms with E-state index < -0.39 is 0 Å². The molecule has 0 N–H and O–H groups in total. The van der Waals surface area contributed by atoms with Crippen molar-refractivity contribution in [1.82, 2.24) is 0 Å². The second-order valence-electron chi connectivity index (χ2n) is 5.13. The average Bonchev–Trinajstić information content (AvgIpc) is 2.26. The molecule has 0 amide bonds. The first kappa shape index (κ1) is 13.5. The van der Waals surface area contributed by atoms with E-state index in [9.17, 15) is 4.79 Å². The lowest BCUT2D eigenvalue weighted by atomic mass is 10.1. The van der Waals surface area contributed by atoms with Gasteiger partial charge in [0.1, 0.15) is 6.10 Å². The topological polar surface area (TPSA) is 35.5 Å². The van der Waals surface area contributed by atoms with Gasteiger partial charge in [0.25, 0.3) is 0 Å². The van der Waals surface area contributed by atoms with Crippen molar-refractivity contribution >= 4 is 5.97 Å². The summed E-state index contributed by atoms with van der Waals surface area (Å²) in [6, 6.07) is 0. The first-order chi connectivity index (χ1) is 7.58. The zero-order valence-electron chi connectivity index (χ0n) is 10.7. The molecule has 1 rings (SSSR count). The van der Waals surface area contributed by atoms with E-state index in [0.29, 0.717) is 12.3 Å². The summed E-state index contributed by atoms with van der Waals surface area (Å²) >= 11 is 0. The lowest BCUT2D eigenvalue weighted by Gasteiger charge is -2.21. The molecule has 0 saturated carbocycles. The van der Waals surface area contributed by atoms with E-state index in [-0.39, 0.29) is 18.2 Å². The molecule has 16 heavy (non-hydrogen) atoms. The van der Waals surface area contributed by atoms with E-state index in [2.05, 4.69) is 13.8 Å². The number of hydrogen-bond donors (Lipinski definition) is 0. The lowest BCUT2D eigenvalue weighted by Crippen LogP contribution is -2.23. The maximum atomic E-state index is 11.3. The van der Waals surface area contributed by atoms with E-state index in [0.717, 1.165) is 32.3 Å². The van der Waals surface area contributed by atoms with Crippen molar-refractivity contribution in [3.05, 3.63) is 0 Å². The van der Waals surface area contributed by atoms with Crippen LogP contribution in [0.5, 0.6) is 0 Å². The molecule has 0 bridgehead atoms. The molecule has 1 fully saturated rings. The zero-order chi connectivity index (χ0) is 12.0. The third kappa shape index (κ3) is 5.50. The molecule has 0 unspecified atom stereocenters. The highest BCUT2D eigenvalue weighted by atomic mass is 16.5. The standard InChI is InChI=1S/C13H24O3/c1-10(2)9-15-12-6-4-5-7-13(14)16-11(3)8-12/h10-12H,4-9H2,1-3H3/t11-,12-/m0/s1. The van der Waals surface area contributed by atoms with Crippen molar-refractivity contribution < 1.29 is 14.3 Å². The molecule has 0 aromatic rings. The van der Waals surface area contributed by atoms with Gasteiger partial charge in [-0.2, -0.15) is 0 Å². The molecule has 0 aliphatic carbocycles. The smallest absolute Gasteiger partial charge is 0.306 e. The van der Waals surface area contributed by atoms with Gasteiger partial charge in [-0.3, -0.25) is 4.79 Å². The van der Waals surface area contributed by atoms with E-state index in [1.807, 2.05) is 6.92 Å². The van der Waals surface area contributed by atoms with Gasteiger partial charge in [0.2, 0.25) is 0 Å². The Labute approximate surface area is 98.5 Å². The van der Waals surface area contributed by atoms with Gasteiger partial charge in [-0.25, -0.2) is 0 Å². The van der Waals surface area contributed by atoms with Crippen molar-refractivity contribution in [3.63, 3.8) is 0 Å². The predicted octanol–water partition coefficient (Wildman–Crippen LogP) is 2.92. The van der Waals surface area contributed by atoms with Gasteiger partial charge in [0, 0.05) is 19.4 Å². The van der Waals surface area contributed by atoms with Crippen LogP contribution in [-0.2, 0) is 14.3 Å². The zero-order valence-corrected chi connectivity index (χ0v) is 10.7. The van der Waals surface area contributed by atoms with Gasteiger partial charge < -0.3 is 9.47 Å². The van der Waals surface area contributed by atoms with Gasteiger partial charge in [-0.05, 0) is 25.7 Å². The molecule has 1 heterocycles. The average molecular weight is 228 g/mol. The van der Waals surface area contributed by atoms with Crippen molar-refractivity contribution in [3.8, 4) is 0 Å². The molecular weight excluding hydrogens is 204 g/mol. The molecule has 0 aromatic carbocycles. The highest BCUT2D eigenvalue weighted by Gasteiger charge is 2.19. The number of rotatable bonds is 3. The summed E-state index contributed by atoms with van der Waals surface area (Å²) < 4.78 is 11.1. The van der Waals surface area contributed by atoms with Gasteiger partial charge in [-0.1, -0.05) is 20.3 Å². The van der Waals surface area contributed by atoms with Crippen LogP contribution in [0, 0.1) is 5.92 Å². The highest BCUT2D eigenvalue weighted by molar-refractivity contribution is 5.69. The van der Waals surface area contributed by atoms with E-state index in [1.165, 1.54) is 0 Å². The third-order valence-corrected chi connectivity index (χ3v) is 2.75. The molecule has 3 heteroatoms. The number of carbonyl (C=O) groups is 1. The second-order valence-corrected chi connectivity index (χ2v) is 5.13. The summed E-state index contributed by atoms with van der Waals surface area (Å²) in [5.41, 5.74) is 0. The number of hydrogen-bond acceptors (Lipinski definition) is 3. The first-order valence-corrected chi connectivity index (χ1v) is 6.39. The van der Waals surface area contributed by atoms with Crippen LogP contribution < -0.4 is 0 Å². The van der Waals surface area contributed by atoms with Crippen molar-refractivity contribution in [2.24, 2.45) is 5.92 Å². The van der Waals surface area contributed by atoms with Crippen LogP contribution >= 0.6 is 0 Å². The second kappa shape index (κ2) is 6.89. The number of cyclic esters (lactones) is 1.